The molecule has 5 nitrogen and oxygen atoms in total. The number of fused-ring (bicyclic) bond motifs is 1. The van der Waals surface area contributed by atoms with Crippen molar-refractivity contribution in [2.24, 2.45) is 5.92 Å². The lowest BCUT2D eigenvalue weighted by Gasteiger charge is -2.06. The molecular formula is C14H13FO5S. The highest BCUT2D eigenvalue weighted by Gasteiger charge is 2.22. The van der Waals surface area contributed by atoms with E-state index in [0.717, 1.165) is 11.3 Å². The number of ether oxygens (including phenoxy) is 1. The molecule has 2 aromatic rings. The normalized spacial score (nSPS) is 12.3. The molecule has 0 bridgehead atoms. The Morgan fingerprint density at radius 1 is 1.38 bits per heavy atom. The summed E-state index contributed by atoms with van der Waals surface area (Å²) in [6.07, 6.45) is -0.0565. The summed E-state index contributed by atoms with van der Waals surface area (Å²) in [6, 6.07) is 2.50. The van der Waals surface area contributed by atoms with Gasteiger partial charge < -0.3 is 14.9 Å². The van der Waals surface area contributed by atoms with Gasteiger partial charge in [-0.3, -0.25) is 9.59 Å². The molecule has 112 valence electrons. The van der Waals surface area contributed by atoms with Crippen LogP contribution in [-0.4, -0.2) is 29.1 Å². The van der Waals surface area contributed by atoms with Crippen molar-refractivity contribution in [2.75, 3.05) is 7.11 Å². The van der Waals surface area contributed by atoms with E-state index in [9.17, 15) is 24.2 Å². The molecule has 1 aromatic carbocycles. The zero-order valence-electron chi connectivity index (χ0n) is 11.3. The van der Waals surface area contributed by atoms with Gasteiger partial charge in [0.15, 0.2) is 23.1 Å². The SMILES string of the molecule is COC(=O)[C@@H](C)CC(=O)c1cc2c(F)c(O)c(O)cc2s1. The molecule has 1 atom stereocenters. The van der Waals surface area contributed by atoms with Crippen LogP contribution in [0.15, 0.2) is 12.1 Å². The Kier molecular flexibility index (Phi) is 4.13. The number of esters is 1. The Balaban J connectivity index is 2.33. The van der Waals surface area contributed by atoms with Gasteiger partial charge in [-0.15, -0.1) is 11.3 Å². The number of phenolic OH excluding ortho intramolecular Hbond substituents is 2. The van der Waals surface area contributed by atoms with Gasteiger partial charge in [0.05, 0.1) is 17.9 Å². The lowest BCUT2D eigenvalue weighted by Crippen LogP contribution is -2.16. The molecule has 0 saturated carbocycles. The Morgan fingerprint density at radius 2 is 2.05 bits per heavy atom. The molecule has 2 N–H and O–H groups in total. The van der Waals surface area contributed by atoms with Crippen LogP contribution < -0.4 is 0 Å². The van der Waals surface area contributed by atoms with E-state index in [-0.39, 0.29) is 22.5 Å². The monoisotopic (exact) mass is 312 g/mol. The molecule has 0 aliphatic rings. The second-order valence-electron chi connectivity index (χ2n) is 4.63. The fraction of sp³-hybridized carbons (Fsp3) is 0.286. The summed E-state index contributed by atoms with van der Waals surface area (Å²) in [4.78, 5) is 23.6. The summed E-state index contributed by atoms with van der Waals surface area (Å²) in [6.45, 7) is 1.56. The van der Waals surface area contributed by atoms with Crippen LogP contribution in [0.1, 0.15) is 23.0 Å². The number of carbonyl (C=O) groups excluding carboxylic acids is 2. The fourth-order valence-electron chi connectivity index (χ4n) is 1.92. The lowest BCUT2D eigenvalue weighted by molar-refractivity contribution is -0.144. The van der Waals surface area contributed by atoms with Gasteiger partial charge in [-0.2, -0.15) is 0 Å². The molecule has 0 aliphatic carbocycles. The second-order valence-corrected chi connectivity index (χ2v) is 5.72. The van der Waals surface area contributed by atoms with Gasteiger partial charge in [0.25, 0.3) is 0 Å². The van der Waals surface area contributed by atoms with Crippen LogP contribution in [0.4, 0.5) is 4.39 Å². The number of phenols is 2. The standard InChI is InChI=1S/C14H13FO5S/c1-6(14(19)20-2)3-8(16)11-4-7-10(21-11)5-9(17)13(18)12(7)15/h4-6,17-18H,3H2,1-2H3/t6-/m0/s1. The van der Waals surface area contributed by atoms with E-state index < -0.39 is 29.2 Å². The molecular weight excluding hydrogens is 299 g/mol. The molecule has 0 amide bonds. The van der Waals surface area contributed by atoms with Crippen molar-refractivity contribution in [3.8, 4) is 11.5 Å². The van der Waals surface area contributed by atoms with Crippen LogP contribution in [0, 0.1) is 11.7 Å². The third-order valence-corrected chi connectivity index (χ3v) is 4.21. The fourth-order valence-corrected chi connectivity index (χ4v) is 2.96. The van der Waals surface area contributed by atoms with E-state index in [1.807, 2.05) is 0 Å². The molecule has 21 heavy (non-hydrogen) atoms. The number of methoxy groups -OCH3 is 1. The molecule has 2 rings (SSSR count). The van der Waals surface area contributed by atoms with Gasteiger partial charge in [0.2, 0.25) is 0 Å². The Labute approximate surface area is 123 Å². The number of ketones is 1. The summed E-state index contributed by atoms with van der Waals surface area (Å²) in [5.74, 6) is -3.81. The maximum Gasteiger partial charge on any atom is 0.308 e. The van der Waals surface area contributed by atoms with Gasteiger partial charge in [0.1, 0.15) is 0 Å². The minimum absolute atomic E-state index is 0.0565. The molecule has 0 saturated heterocycles. The number of halogens is 1. The summed E-state index contributed by atoms with van der Waals surface area (Å²) in [5.41, 5.74) is 0. The number of benzene rings is 1. The van der Waals surface area contributed by atoms with Crippen molar-refractivity contribution in [2.45, 2.75) is 13.3 Å². The maximum atomic E-state index is 13.8. The van der Waals surface area contributed by atoms with Gasteiger partial charge in [-0.25, -0.2) is 4.39 Å². The van der Waals surface area contributed by atoms with Crippen molar-refractivity contribution in [1.82, 2.24) is 0 Å². The van der Waals surface area contributed by atoms with Gasteiger partial charge in [-0.05, 0) is 6.07 Å². The smallest absolute Gasteiger partial charge is 0.308 e. The summed E-state index contributed by atoms with van der Waals surface area (Å²) >= 11 is 0.991. The highest BCUT2D eigenvalue weighted by Crippen LogP contribution is 2.38. The lowest BCUT2D eigenvalue weighted by atomic mass is 10.0. The minimum Gasteiger partial charge on any atom is -0.504 e. The highest BCUT2D eigenvalue weighted by molar-refractivity contribution is 7.20. The van der Waals surface area contributed by atoms with Gasteiger partial charge in [-0.1, -0.05) is 6.92 Å². The number of aromatic hydroxyl groups is 2. The van der Waals surface area contributed by atoms with Crippen molar-refractivity contribution in [3.63, 3.8) is 0 Å². The van der Waals surface area contributed by atoms with E-state index in [1.165, 1.54) is 19.2 Å². The summed E-state index contributed by atoms with van der Waals surface area (Å²) in [5, 5.41) is 18.8. The van der Waals surface area contributed by atoms with Crippen LogP contribution in [-0.2, 0) is 9.53 Å². The topological polar surface area (TPSA) is 83.8 Å². The zero-order valence-corrected chi connectivity index (χ0v) is 12.2. The van der Waals surface area contributed by atoms with E-state index in [0.29, 0.717) is 4.70 Å². The Bertz CT molecular complexity index is 722. The molecule has 0 radical (unpaired) electrons. The second kappa shape index (κ2) is 5.69. The van der Waals surface area contributed by atoms with Crippen molar-refractivity contribution in [3.05, 3.63) is 22.8 Å². The third kappa shape index (κ3) is 2.82. The third-order valence-electron chi connectivity index (χ3n) is 3.09. The maximum absolute atomic E-state index is 13.8. The number of Topliss-reactive ketones (excluding diaryl/α,β-unsaturated/α-hetero) is 1. The van der Waals surface area contributed by atoms with Crippen LogP contribution in [0.2, 0.25) is 0 Å². The van der Waals surface area contributed by atoms with Gasteiger partial charge in [0, 0.05) is 22.6 Å². The molecule has 1 heterocycles. The summed E-state index contributed by atoms with van der Waals surface area (Å²) < 4.78 is 18.7. The van der Waals surface area contributed by atoms with Crippen LogP contribution in [0.25, 0.3) is 10.1 Å². The Morgan fingerprint density at radius 3 is 2.67 bits per heavy atom. The number of hydrogen-bond donors (Lipinski definition) is 2. The minimum atomic E-state index is -0.971. The number of rotatable bonds is 4. The number of carbonyl (C=O) groups is 2. The van der Waals surface area contributed by atoms with Crippen LogP contribution in [0.5, 0.6) is 11.5 Å². The summed E-state index contributed by atoms with van der Waals surface area (Å²) in [7, 11) is 1.24. The first-order chi connectivity index (χ1) is 9.85. The van der Waals surface area contributed by atoms with Gasteiger partial charge >= 0.3 is 5.97 Å². The largest absolute Gasteiger partial charge is 0.504 e. The molecule has 0 spiro atoms. The molecule has 0 unspecified atom stereocenters. The van der Waals surface area contributed by atoms with E-state index >= 15 is 0 Å². The average Bonchev–Trinajstić information content (AvgIpc) is 2.87. The molecule has 0 fully saturated rings. The first-order valence-electron chi connectivity index (χ1n) is 6.10. The Hall–Kier alpha value is -2.15. The molecule has 7 heteroatoms. The van der Waals surface area contributed by atoms with Crippen molar-refractivity contribution >= 4 is 33.2 Å². The van der Waals surface area contributed by atoms with Crippen molar-refractivity contribution < 1.29 is 28.9 Å². The van der Waals surface area contributed by atoms with Crippen LogP contribution >= 0.6 is 11.3 Å². The quantitative estimate of drug-likeness (QED) is 0.515. The van der Waals surface area contributed by atoms with Crippen molar-refractivity contribution in [1.29, 1.82) is 0 Å². The predicted octanol–water partition coefficient (Wildman–Crippen LogP) is 2.83. The van der Waals surface area contributed by atoms with Crippen LogP contribution in [0.3, 0.4) is 0 Å². The number of hydrogen-bond acceptors (Lipinski definition) is 6. The zero-order chi connectivity index (χ0) is 15.7. The van der Waals surface area contributed by atoms with E-state index in [1.54, 1.807) is 6.92 Å². The van der Waals surface area contributed by atoms with E-state index in [4.69, 9.17) is 0 Å². The average molecular weight is 312 g/mol. The number of thiophene rings is 1. The highest BCUT2D eigenvalue weighted by atomic mass is 32.1. The first-order valence-corrected chi connectivity index (χ1v) is 6.91. The van der Waals surface area contributed by atoms with E-state index in [2.05, 4.69) is 4.74 Å². The predicted molar refractivity (Wildman–Crippen MR) is 75.2 cm³/mol. The molecule has 0 aliphatic heterocycles. The first kappa shape index (κ1) is 15.2. The molecule has 1 aromatic heterocycles.